The molecule has 0 aliphatic heterocycles. The Kier molecular flexibility index (Phi) is 4.39. The second-order valence-corrected chi connectivity index (χ2v) is 6.82. The fourth-order valence-corrected chi connectivity index (χ4v) is 2.38. The summed E-state index contributed by atoms with van der Waals surface area (Å²) in [5.41, 5.74) is 3.73. The van der Waals surface area contributed by atoms with Gasteiger partial charge in [0.2, 0.25) is 0 Å². The minimum Gasteiger partial charge on any atom is -0.507 e. The summed E-state index contributed by atoms with van der Waals surface area (Å²) in [5, 5.41) is 12.9. The molecule has 0 heterocycles. The van der Waals surface area contributed by atoms with Crippen molar-refractivity contribution in [3.8, 4) is 5.75 Å². The average Bonchev–Trinajstić information content (AvgIpc) is 2.40. The summed E-state index contributed by atoms with van der Waals surface area (Å²) < 4.78 is 0.722. The maximum atomic E-state index is 9.47. The Morgan fingerprint density at radius 3 is 2.25 bits per heavy atom. The van der Waals surface area contributed by atoms with Gasteiger partial charge in [-0.2, -0.15) is 0 Å². The smallest absolute Gasteiger partial charge is 0.129 e. The van der Waals surface area contributed by atoms with E-state index in [4.69, 9.17) is 0 Å². The minimum atomic E-state index is 0.181. The molecule has 0 unspecified atom stereocenters. The third kappa shape index (κ3) is 3.76. The molecule has 0 bridgehead atoms. The number of nitrogens with one attached hydrogen (secondary N) is 1. The zero-order chi connectivity index (χ0) is 14.8. The number of hydrogen-bond donors (Lipinski definition) is 2. The second-order valence-electron chi connectivity index (χ2n) is 5.97. The van der Waals surface area contributed by atoms with E-state index in [-0.39, 0.29) is 11.2 Å². The normalized spacial score (nSPS) is 11.4. The molecule has 0 amide bonds. The van der Waals surface area contributed by atoms with Crippen LogP contribution in [0.3, 0.4) is 0 Å². The molecular weight excluding hydrogens is 314 g/mol. The van der Waals surface area contributed by atoms with Crippen molar-refractivity contribution in [1.29, 1.82) is 0 Å². The van der Waals surface area contributed by atoms with Crippen LogP contribution in [0.5, 0.6) is 5.75 Å². The van der Waals surface area contributed by atoms with E-state index in [0.29, 0.717) is 0 Å². The first-order valence-electron chi connectivity index (χ1n) is 6.68. The highest BCUT2D eigenvalue weighted by Crippen LogP contribution is 2.26. The highest BCUT2D eigenvalue weighted by atomic mass is 79.9. The summed E-state index contributed by atoms with van der Waals surface area (Å²) in [7, 11) is 0. The Balaban J connectivity index is 2.02. The molecule has 106 valence electrons. The first-order valence-corrected chi connectivity index (χ1v) is 7.47. The number of phenolic OH excluding ortho intramolecular Hbond substituents is 1. The first kappa shape index (κ1) is 14.9. The van der Waals surface area contributed by atoms with Gasteiger partial charge in [0.1, 0.15) is 5.75 Å². The van der Waals surface area contributed by atoms with E-state index in [9.17, 15) is 5.11 Å². The summed E-state index contributed by atoms with van der Waals surface area (Å²) in [6, 6.07) is 14.1. The van der Waals surface area contributed by atoms with Gasteiger partial charge in [-0.1, -0.05) is 39.0 Å². The zero-order valence-electron chi connectivity index (χ0n) is 12.1. The Bertz CT molecular complexity index is 585. The Hall–Kier alpha value is -1.48. The van der Waals surface area contributed by atoms with Gasteiger partial charge in [0.15, 0.2) is 0 Å². The molecule has 3 heteroatoms. The van der Waals surface area contributed by atoms with Crippen LogP contribution < -0.4 is 5.32 Å². The number of benzene rings is 2. The van der Waals surface area contributed by atoms with E-state index in [0.717, 1.165) is 22.3 Å². The third-order valence-corrected chi connectivity index (χ3v) is 3.89. The number of halogens is 1. The van der Waals surface area contributed by atoms with E-state index >= 15 is 0 Å². The van der Waals surface area contributed by atoms with Crippen LogP contribution in [0.15, 0.2) is 46.9 Å². The number of rotatable bonds is 3. The van der Waals surface area contributed by atoms with Crippen molar-refractivity contribution in [3.05, 3.63) is 58.1 Å². The molecular formula is C17H20BrNO. The Morgan fingerprint density at radius 1 is 1.05 bits per heavy atom. The van der Waals surface area contributed by atoms with Crippen LogP contribution in [0.4, 0.5) is 5.69 Å². The van der Waals surface area contributed by atoms with Crippen molar-refractivity contribution in [2.75, 3.05) is 5.32 Å². The fourth-order valence-electron chi connectivity index (χ4n) is 1.95. The number of anilines is 1. The van der Waals surface area contributed by atoms with Crippen LogP contribution in [-0.2, 0) is 12.0 Å². The van der Waals surface area contributed by atoms with Gasteiger partial charge in [0, 0.05) is 12.2 Å². The summed E-state index contributed by atoms with van der Waals surface area (Å²) in [6.07, 6.45) is 0. The van der Waals surface area contributed by atoms with Crippen molar-refractivity contribution < 1.29 is 5.11 Å². The lowest BCUT2D eigenvalue weighted by molar-refractivity contribution is 0.471. The molecule has 2 aromatic carbocycles. The topological polar surface area (TPSA) is 32.3 Å². The molecule has 0 aliphatic carbocycles. The molecule has 2 aromatic rings. The van der Waals surface area contributed by atoms with Crippen molar-refractivity contribution in [3.63, 3.8) is 0 Å². The quantitative estimate of drug-likeness (QED) is 0.822. The lowest BCUT2D eigenvalue weighted by Gasteiger charge is -2.19. The van der Waals surface area contributed by atoms with Gasteiger partial charge in [0.05, 0.1) is 4.47 Å². The highest BCUT2D eigenvalue weighted by Gasteiger charge is 2.12. The van der Waals surface area contributed by atoms with E-state index in [1.165, 1.54) is 5.56 Å². The van der Waals surface area contributed by atoms with Crippen LogP contribution in [0.1, 0.15) is 31.9 Å². The van der Waals surface area contributed by atoms with E-state index < -0.39 is 0 Å². The molecule has 0 spiro atoms. The average molecular weight is 334 g/mol. The van der Waals surface area contributed by atoms with Crippen molar-refractivity contribution >= 4 is 21.6 Å². The van der Waals surface area contributed by atoms with Crippen LogP contribution in [0.25, 0.3) is 0 Å². The van der Waals surface area contributed by atoms with E-state index in [1.807, 2.05) is 12.1 Å². The maximum Gasteiger partial charge on any atom is 0.129 e. The molecule has 0 aliphatic rings. The number of phenols is 1. The fraction of sp³-hybridized carbons (Fsp3) is 0.294. The van der Waals surface area contributed by atoms with Gasteiger partial charge in [0.25, 0.3) is 0 Å². The Labute approximate surface area is 129 Å². The maximum absolute atomic E-state index is 9.47. The van der Waals surface area contributed by atoms with Gasteiger partial charge in [-0.3, -0.25) is 0 Å². The van der Waals surface area contributed by atoms with Crippen LogP contribution in [0, 0.1) is 0 Å². The Morgan fingerprint density at radius 2 is 1.70 bits per heavy atom. The van der Waals surface area contributed by atoms with Crippen molar-refractivity contribution in [2.24, 2.45) is 0 Å². The highest BCUT2D eigenvalue weighted by molar-refractivity contribution is 9.10. The van der Waals surface area contributed by atoms with Crippen molar-refractivity contribution in [1.82, 2.24) is 0 Å². The predicted molar refractivity (Wildman–Crippen MR) is 88.3 cm³/mol. The molecule has 0 fully saturated rings. The van der Waals surface area contributed by atoms with Crippen LogP contribution in [-0.4, -0.2) is 5.11 Å². The largest absolute Gasteiger partial charge is 0.507 e. The summed E-state index contributed by atoms with van der Waals surface area (Å²) in [6.45, 7) is 7.37. The van der Waals surface area contributed by atoms with Crippen molar-refractivity contribution in [2.45, 2.75) is 32.7 Å². The van der Waals surface area contributed by atoms with Gasteiger partial charge >= 0.3 is 0 Å². The molecule has 0 saturated carbocycles. The standard InChI is InChI=1S/C17H20BrNO/c1-17(2,3)13-5-7-14(8-6-13)19-11-12-4-9-16(20)15(18)10-12/h4-10,19-20H,11H2,1-3H3. The molecule has 2 rings (SSSR count). The molecule has 0 radical (unpaired) electrons. The van der Waals surface area contributed by atoms with Crippen LogP contribution >= 0.6 is 15.9 Å². The zero-order valence-corrected chi connectivity index (χ0v) is 13.7. The second kappa shape index (κ2) is 5.88. The molecule has 2 nitrogen and oxygen atoms in total. The van der Waals surface area contributed by atoms with Gasteiger partial charge in [-0.15, -0.1) is 0 Å². The van der Waals surface area contributed by atoms with Gasteiger partial charge in [-0.05, 0) is 56.7 Å². The van der Waals surface area contributed by atoms with Crippen LogP contribution in [0.2, 0.25) is 0 Å². The van der Waals surface area contributed by atoms with E-state index in [1.54, 1.807) is 6.07 Å². The minimum absolute atomic E-state index is 0.181. The van der Waals surface area contributed by atoms with Gasteiger partial charge in [-0.25, -0.2) is 0 Å². The predicted octanol–water partition coefficient (Wildman–Crippen LogP) is 5.06. The third-order valence-electron chi connectivity index (χ3n) is 3.26. The van der Waals surface area contributed by atoms with Gasteiger partial charge < -0.3 is 10.4 Å². The first-order chi connectivity index (χ1) is 9.36. The summed E-state index contributed by atoms with van der Waals surface area (Å²) in [4.78, 5) is 0. The van der Waals surface area contributed by atoms with E-state index in [2.05, 4.69) is 66.3 Å². The molecule has 0 aromatic heterocycles. The molecule has 2 N–H and O–H groups in total. The lowest BCUT2D eigenvalue weighted by Crippen LogP contribution is -2.10. The number of aromatic hydroxyl groups is 1. The summed E-state index contributed by atoms with van der Waals surface area (Å²) in [5.74, 6) is 0.267. The summed E-state index contributed by atoms with van der Waals surface area (Å²) >= 11 is 3.33. The SMILES string of the molecule is CC(C)(C)c1ccc(NCc2ccc(O)c(Br)c2)cc1. The molecule has 0 atom stereocenters. The monoisotopic (exact) mass is 333 g/mol. The molecule has 0 saturated heterocycles. The number of hydrogen-bond acceptors (Lipinski definition) is 2. The molecule has 20 heavy (non-hydrogen) atoms. The lowest BCUT2D eigenvalue weighted by atomic mass is 9.87.